The fourth-order valence-corrected chi connectivity index (χ4v) is 10.4. The molecule has 0 aromatic heterocycles. The first kappa shape index (κ1) is 74.2. The predicted octanol–water partition coefficient (Wildman–Crippen LogP) is 17.8. The number of ether oxygens (including phenoxy) is 5. The number of rotatable bonds is 58. The number of carbonyl (C=O) groups is 4. The van der Waals surface area contributed by atoms with E-state index in [4.69, 9.17) is 23.7 Å². The van der Waals surface area contributed by atoms with Crippen molar-refractivity contribution in [1.82, 2.24) is 0 Å². The van der Waals surface area contributed by atoms with Gasteiger partial charge in [0.15, 0.2) is 24.6 Å². The number of unbranched alkanes of at least 4 members (excludes halogenated alkanes) is 40. The molecule has 1 heterocycles. The summed E-state index contributed by atoms with van der Waals surface area (Å²) in [6, 6.07) is 0. The van der Waals surface area contributed by atoms with Crippen molar-refractivity contribution in [3.8, 4) is 0 Å². The minimum atomic E-state index is -1.90. The Morgan fingerprint density at radius 1 is 0.405 bits per heavy atom. The van der Waals surface area contributed by atoms with Crippen LogP contribution < -0.4 is 0 Å². The zero-order valence-corrected chi connectivity index (χ0v) is 51.1. The van der Waals surface area contributed by atoms with Gasteiger partial charge in [-0.05, 0) is 70.6 Å². The van der Waals surface area contributed by atoms with E-state index in [2.05, 4.69) is 45.1 Å². The van der Waals surface area contributed by atoms with Crippen LogP contribution in [0.4, 0.5) is 0 Å². The number of aliphatic carboxylic acids is 1. The molecular weight excluding hydrogens is 997 g/mol. The summed E-state index contributed by atoms with van der Waals surface area (Å²) in [7, 11) is 0. The van der Waals surface area contributed by atoms with E-state index in [-0.39, 0.29) is 25.9 Å². The topological polar surface area (TPSA) is 175 Å². The molecule has 1 rings (SSSR count). The fourth-order valence-electron chi connectivity index (χ4n) is 10.4. The average molecular weight is 1120 g/mol. The van der Waals surface area contributed by atoms with Gasteiger partial charge in [0.25, 0.3) is 0 Å². The quantitative estimate of drug-likeness (QED) is 0.0228. The van der Waals surface area contributed by atoms with Crippen LogP contribution in [0.15, 0.2) is 24.3 Å². The van der Waals surface area contributed by atoms with Gasteiger partial charge in [-0.15, -0.1) is 0 Å². The monoisotopic (exact) mass is 1120 g/mol. The SMILES string of the molecule is CCCCCC/C=C\CCCCCCCC(=O)OC(COC(=O)CCCCCCCCC/C=C\CCCCCCCC)COC1OC(C(=O)O)C(O)C(O)C1OC(=O)CCCCCCCCCCCCCCCCCCCCC. The maximum atomic E-state index is 13.2. The lowest BCUT2D eigenvalue weighted by molar-refractivity contribution is -0.301. The lowest BCUT2D eigenvalue weighted by Crippen LogP contribution is -2.61. The van der Waals surface area contributed by atoms with Gasteiger partial charge in [-0.25, -0.2) is 4.79 Å². The van der Waals surface area contributed by atoms with E-state index in [1.807, 2.05) is 0 Å². The number of esters is 3. The smallest absolute Gasteiger partial charge is 0.335 e. The van der Waals surface area contributed by atoms with E-state index >= 15 is 0 Å². The minimum absolute atomic E-state index is 0.0664. The molecule has 3 N–H and O–H groups in total. The molecule has 79 heavy (non-hydrogen) atoms. The van der Waals surface area contributed by atoms with Gasteiger partial charge in [-0.3, -0.25) is 14.4 Å². The zero-order valence-electron chi connectivity index (χ0n) is 51.1. The Hall–Kier alpha value is -2.80. The summed E-state index contributed by atoms with van der Waals surface area (Å²) in [5.74, 6) is -3.10. The maximum Gasteiger partial charge on any atom is 0.335 e. The molecule has 462 valence electrons. The second kappa shape index (κ2) is 55.7. The minimum Gasteiger partial charge on any atom is -0.479 e. The molecule has 1 fully saturated rings. The molecule has 0 aromatic rings. The van der Waals surface area contributed by atoms with Crippen molar-refractivity contribution in [3.05, 3.63) is 24.3 Å². The van der Waals surface area contributed by atoms with Gasteiger partial charge < -0.3 is 39.0 Å². The number of aliphatic hydroxyl groups is 2. The van der Waals surface area contributed by atoms with Crippen LogP contribution in [0.1, 0.15) is 329 Å². The first-order valence-electron chi connectivity index (χ1n) is 33.3. The van der Waals surface area contributed by atoms with Crippen LogP contribution in [0, 0.1) is 0 Å². The van der Waals surface area contributed by atoms with Crippen molar-refractivity contribution in [2.24, 2.45) is 0 Å². The summed E-state index contributed by atoms with van der Waals surface area (Å²) < 4.78 is 28.5. The molecule has 1 aliphatic rings. The Balaban J connectivity index is 2.62. The van der Waals surface area contributed by atoms with Gasteiger partial charge in [-0.2, -0.15) is 0 Å². The highest BCUT2D eigenvalue weighted by molar-refractivity contribution is 5.74. The Morgan fingerprint density at radius 3 is 1.09 bits per heavy atom. The van der Waals surface area contributed by atoms with Crippen LogP contribution in [0.2, 0.25) is 0 Å². The number of allylic oxidation sites excluding steroid dienone is 4. The highest BCUT2D eigenvalue weighted by atomic mass is 16.7. The Bertz CT molecular complexity index is 1470. The van der Waals surface area contributed by atoms with Crippen molar-refractivity contribution < 1.29 is 58.2 Å². The normalized spacial score (nSPS) is 17.9. The fraction of sp³-hybridized carbons (Fsp3) is 0.881. The summed E-state index contributed by atoms with van der Waals surface area (Å²) in [5.41, 5.74) is 0. The van der Waals surface area contributed by atoms with Crippen LogP contribution >= 0.6 is 0 Å². The number of carboxylic acids is 1. The first-order chi connectivity index (χ1) is 38.6. The molecule has 6 unspecified atom stereocenters. The van der Waals surface area contributed by atoms with Crippen LogP contribution in [0.3, 0.4) is 0 Å². The summed E-state index contributed by atoms with van der Waals surface area (Å²) in [6.07, 6.45) is 52.8. The molecule has 0 aliphatic carbocycles. The number of hydrogen-bond donors (Lipinski definition) is 3. The second-order valence-electron chi connectivity index (χ2n) is 23.1. The van der Waals surface area contributed by atoms with E-state index in [1.165, 1.54) is 186 Å². The standard InChI is InChI=1S/C67H122O12/c1-4-7-10-13-16-19-22-25-27-29-30-32-34-37-40-43-46-49-52-55-61(70)78-65-63(72)62(71)64(66(73)74)79-67(65)76-57-58(77-60(69)54-51-48-45-42-39-35-24-21-18-15-12-9-6-3)56-75-59(68)53-50-47-44-41-38-36-33-31-28-26-23-20-17-14-11-8-5-2/h21,24,26,28,58,62-65,67,71-72H,4-20,22-23,25,27,29-57H2,1-3H3,(H,73,74)/b24-21-,28-26-. The van der Waals surface area contributed by atoms with Crippen molar-refractivity contribution in [2.45, 2.75) is 366 Å². The molecule has 0 bridgehead atoms. The first-order valence-corrected chi connectivity index (χ1v) is 33.3. The van der Waals surface area contributed by atoms with Crippen molar-refractivity contribution in [2.75, 3.05) is 13.2 Å². The van der Waals surface area contributed by atoms with Crippen LogP contribution in [-0.2, 0) is 42.9 Å². The zero-order chi connectivity index (χ0) is 57.5. The summed E-state index contributed by atoms with van der Waals surface area (Å²) in [6.45, 7) is 6.02. The third-order valence-corrected chi connectivity index (χ3v) is 15.5. The van der Waals surface area contributed by atoms with E-state index in [0.29, 0.717) is 19.3 Å². The van der Waals surface area contributed by atoms with Crippen LogP contribution in [0.5, 0.6) is 0 Å². The lowest BCUT2D eigenvalue weighted by Gasteiger charge is -2.40. The van der Waals surface area contributed by atoms with E-state index in [0.717, 1.165) is 83.5 Å². The van der Waals surface area contributed by atoms with Gasteiger partial charge in [0.2, 0.25) is 0 Å². The molecule has 0 spiro atoms. The Morgan fingerprint density at radius 2 is 0.722 bits per heavy atom. The highest BCUT2D eigenvalue weighted by Crippen LogP contribution is 2.27. The predicted molar refractivity (Wildman–Crippen MR) is 322 cm³/mol. The molecule has 1 aliphatic heterocycles. The van der Waals surface area contributed by atoms with E-state index in [9.17, 15) is 34.5 Å². The van der Waals surface area contributed by atoms with E-state index in [1.54, 1.807) is 0 Å². The molecule has 0 saturated carbocycles. The van der Waals surface area contributed by atoms with Crippen LogP contribution in [0.25, 0.3) is 0 Å². The van der Waals surface area contributed by atoms with Gasteiger partial charge in [-0.1, -0.05) is 263 Å². The molecule has 12 heteroatoms. The largest absolute Gasteiger partial charge is 0.479 e. The van der Waals surface area contributed by atoms with Crippen LogP contribution in [-0.4, -0.2) is 89.2 Å². The van der Waals surface area contributed by atoms with Crippen molar-refractivity contribution in [1.29, 1.82) is 0 Å². The third kappa shape index (κ3) is 45.4. The number of carboxylic acid groups (broad SMARTS) is 1. The molecule has 0 amide bonds. The van der Waals surface area contributed by atoms with Gasteiger partial charge in [0, 0.05) is 19.3 Å². The van der Waals surface area contributed by atoms with Crippen molar-refractivity contribution >= 4 is 23.9 Å². The molecule has 0 radical (unpaired) electrons. The number of aliphatic hydroxyl groups excluding tert-OH is 2. The highest BCUT2D eigenvalue weighted by Gasteiger charge is 2.50. The summed E-state index contributed by atoms with van der Waals surface area (Å²) in [4.78, 5) is 51.3. The second-order valence-corrected chi connectivity index (χ2v) is 23.1. The van der Waals surface area contributed by atoms with Gasteiger partial charge >= 0.3 is 23.9 Å². The van der Waals surface area contributed by atoms with Gasteiger partial charge in [0.1, 0.15) is 18.8 Å². The molecule has 12 nitrogen and oxygen atoms in total. The Labute approximate surface area is 483 Å². The number of hydrogen-bond acceptors (Lipinski definition) is 11. The summed E-state index contributed by atoms with van der Waals surface area (Å²) >= 11 is 0. The molecule has 0 aromatic carbocycles. The lowest BCUT2D eigenvalue weighted by atomic mass is 9.98. The molecule has 6 atom stereocenters. The maximum absolute atomic E-state index is 13.2. The van der Waals surface area contributed by atoms with Crippen molar-refractivity contribution in [3.63, 3.8) is 0 Å². The third-order valence-electron chi connectivity index (χ3n) is 15.5. The summed E-state index contributed by atoms with van der Waals surface area (Å²) in [5, 5.41) is 31.6. The Kier molecular flexibility index (Phi) is 52.3. The number of carbonyl (C=O) groups excluding carboxylic acids is 3. The molecule has 1 saturated heterocycles. The average Bonchev–Trinajstić information content (AvgIpc) is 3.43. The van der Waals surface area contributed by atoms with Gasteiger partial charge in [0.05, 0.1) is 6.61 Å². The molecular formula is C67H122O12. The van der Waals surface area contributed by atoms with E-state index < -0.39 is 67.3 Å².